The Balaban J connectivity index is 1.19. The van der Waals surface area contributed by atoms with Gasteiger partial charge in [-0.15, -0.1) is 0 Å². The van der Waals surface area contributed by atoms with Gasteiger partial charge in [0.05, 0.1) is 12.7 Å². The third kappa shape index (κ3) is 6.08. The molecule has 3 heterocycles. The summed E-state index contributed by atoms with van der Waals surface area (Å²) in [5, 5.41) is 14.6. The van der Waals surface area contributed by atoms with E-state index in [0.717, 1.165) is 16.5 Å². The number of hydrogen-bond acceptors (Lipinski definition) is 9. The zero-order chi connectivity index (χ0) is 30.2. The standard InChI is InChI=1S/C29H31N4O9P/c1-18(26(36)39-16-19-5-3-2-4-6-19)32-43(38,42-21-7-8-22-20(15-21)9-13-30-22)40-17-23-25(35)29(11-12-29)27(41-23)33-14-10-24(34)31-28(33)37/h2-10,13-15,18,23,25,27,30,35H,11-12,16-17H2,1H3,(H,32,38)(H,31,34,37)/t18-,23-,25-,27-,43?/m1/s1. The van der Waals surface area contributed by atoms with Crippen molar-refractivity contribution in [2.75, 3.05) is 6.61 Å². The van der Waals surface area contributed by atoms with Crippen LogP contribution in [0.2, 0.25) is 0 Å². The summed E-state index contributed by atoms with van der Waals surface area (Å²) in [6.07, 6.45) is 1.31. The van der Waals surface area contributed by atoms with Gasteiger partial charge in [0.2, 0.25) is 0 Å². The van der Waals surface area contributed by atoms with Crippen molar-refractivity contribution >= 4 is 24.6 Å². The van der Waals surface area contributed by atoms with Crippen LogP contribution < -0.4 is 20.9 Å². The molecule has 5 atom stereocenters. The number of fused-ring (bicyclic) bond motifs is 1. The van der Waals surface area contributed by atoms with E-state index in [-0.39, 0.29) is 19.0 Å². The van der Waals surface area contributed by atoms with E-state index in [1.54, 1.807) is 24.4 Å². The Kier molecular flexibility index (Phi) is 7.84. The Bertz CT molecular complexity index is 1780. The minimum Gasteiger partial charge on any atom is -0.460 e. The van der Waals surface area contributed by atoms with Crippen molar-refractivity contribution in [3.63, 3.8) is 0 Å². The molecule has 1 saturated heterocycles. The number of rotatable bonds is 11. The van der Waals surface area contributed by atoms with E-state index in [0.29, 0.717) is 12.8 Å². The summed E-state index contributed by atoms with van der Waals surface area (Å²) >= 11 is 0. The van der Waals surface area contributed by atoms with Crippen molar-refractivity contribution < 1.29 is 33.0 Å². The molecule has 2 fully saturated rings. The van der Waals surface area contributed by atoms with Crippen molar-refractivity contribution in [2.45, 2.75) is 50.8 Å². The molecule has 4 N–H and O–H groups in total. The number of carbonyl (C=O) groups excluding carboxylic acids is 1. The molecule has 4 aromatic rings. The molecule has 226 valence electrons. The number of ether oxygens (including phenoxy) is 2. The molecule has 43 heavy (non-hydrogen) atoms. The van der Waals surface area contributed by atoms with Crippen LogP contribution in [0.4, 0.5) is 0 Å². The molecule has 13 nitrogen and oxygen atoms in total. The van der Waals surface area contributed by atoms with Crippen molar-refractivity contribution in [1.82, 2.24) is 19.6 Å². The molecule has 1 unspecified atom stereocenters. The predicted molar refractivity (Wildman–Crippen MR) is 154 cm³/mol. The molecule has 1 aliphatic carbocycles. The summed E-state index contributed by atoms with van der Waals surface area (Å²) in [4.78, 5) is 42.1. The molecule has 6 rings (SSSR count). The highest BCUT2D eigenvalue weighted by atomic mass is 31.2. The van der Waals surface area contributed by atoms with Crippen LogP contribution in [-0.2, 0) is 30.0 Å². The maximum atomic E-state index is 14.1. The van der Waals surface area contributed by atoms with Crippen LogP contribution in [-0.4, -0.2) is 50.5 Å². The van der Waals surface area contributed by atoms with Crippen LogP contribution in [0.25, 0.3) is 10.9 Å². The molecule has 2 aromatic heterocycles. The highest BCUT2D eigenvalue weighted by Crippen LogP contribution is 2.62. The van der Waals surface area contributed by atoms with Crippen LogP contribution in [0, 0.1) is 5.41 Å². The smallest absolute Gasteiger partial charge is 0.459 e. The Hall–Kier alpha value is -4.00. The average molecular weight is 611 g/mol. The highest BCUT2D eigenvalue weighted by Gasteiger charge is 2.64. The SMILES string of the molecule is C[C@@H](NP(=O)(OC[C@H]1O[C@@H](n2ccc(=O)[nH]c2=O)C2(CC2)[C@@H]1O)Oc1ccc2[nH]ccc2c1)C(=O)OCc1ccccc1. The van der Waals surface area contributed by atoms with Gasteiger partial charge in [0.1, 0.15) is 30.7 Å². The molecule has 2 aromatic carbocycles. The second-order valence-electron chi connectivity index (χ2n) is 10.8. The van der Waals surface area contributed by atoms with Crippen molar-refractivity contribution in [2.24, 2.45) is 5.41 Å². The van der Waals surface area contributed by atoms with Gasteiger partial charge in [-0.2, -0.15) is 5.09 Å². The first kappa shape index (κ1) is 29.1. The van der Waals surface area contributed by atoms with Gasteiger partial charge < -0.3 is 24.1 Å². The lowest BCUT2D eigenvalue weighted by molar-refractivity contribution is -0.146. The lowest BCUT2D eigenvalue weighted by atomic mass is 9.96. The number of hydrogen-bond donors (Lipinski definition) is 4. The summed E-state index contributed by atoms with van der Waals surface area (Å²) in [7, 11) is -4.28. The summed E-state index contributed by atoms with van der Waals surface area (Å²) in [5.74, 6) is -0.457. The second kappa shape index (κ2) is 11.6. The predicted octanol–water partition coefficient (Wildman–Crippen LogP) is 2.98. The summed E-state index contributed by atoms with van der Waals surface area (Å²) in [5.41, 5.74) is -0.354. The van der Waals surface area contributed by atoms with E-state index in [9.17, 15) is 24.1 Å². The van der Waals surface area contributed by atoms with Gasteiger partial charge in [0, 0.05) is 34.8 Å². The minimum atomic E-state index is -4.28. The summed E-state index contributed by atoms with van der Waals surface area (Å²) < 4.78 is 38.4. The van der Waals surface area contributed by atoms with Crippen molar-refractivity contribution in [3.8, 4) is 5.75 Å². The quantitative estimate of drug-likeness (QED) is 0.146. The first-order chi connectivity index (χ1) is 20.7. The Morgan fingerprint density at radius 3 is 2.72 bits per heavy atom. The van der Waals surface area contributed by atoms with E-state index in [1.807, 2.05) is 36.4 Å². The maximum absolute atomic E-state index is 14.1. The van der Waals surface area contributed by atoms with Gasteiger partial charge in [-0.3, -0.25) is 23.7 Å². The number of aliphatic hydroxyl groups is 1. The minimum absolute atomic E-state index is 0.0254. The number of aromatic amines is 2. The molecular formula is C29H31N4O9P. The molecule has 1 saturated carbocycles. The first-order valence-electron chi connectivity index (χ1n) is 13.8. The largest absolute Gasteiger partial charge is 0.460 e. The lowest BCUT2D eigenvalue weighted by Gasteiger charge is -2.25. The second-order valence-corrected chi connectivity index (χ2v) is 12.5. The van der Waals surface area contributed by atoms with Crippen LogP contribution in [0.5, 0.6) is 5.75 Å². The van der Waals surface area contributed by atoms with Gasteiger partial charge in [-0.05, 0) is 49.6 Å². The average Bonchev–Trinajstić information content (AvgIpc) is 3.58. The van der Waals surface area contributed by atoms with Gasteiger partial charge >= 0.3 is 19.4 Å². The van der Waals surface area contributed by atoms with Crippen LogP contribution in [0.3, 0.4) is 0 Å². The third-order valence-electron chi connectivity index (χ3n) is 7.76. The zero-order valence-corrected chi connectivity index (χ0v) is 24.1. The van der Waals surface area contributed by atoms with E-state index in [1.165, 1.54) is 23.8 Å². The van der Waals surface area contributed by atoms with E-state index in [4.69, 9.17) is 18.5 Å². The number of aliphatic hydroxyl groups excluding tert-OH is 1. The molecule has 1 spiro atoms. The number of carbonyl (C=O) groups is 1. The number of nitrogens with one attached hydrogen (secondary N) is 3. The van der Waals surface area contributed by atoms with Gasteiger partial charge in [-0.25, -0.2) is 9.36 Å². The number of aromatic nitrogens is 3. The molecule has 0 radical (unpaired) electrons. The van der Waals surface area contributed by atoms with E-state index >= 15 is 0 Å². The fraction of sp³-hybridized carbons (Fsp3) is 0.345. The van der Waals surface area contributed by atoms with Crippen LogP contribution >= 0.6 is 7.75 Å². The number of esters is 1. The third-order valence-corrected chi connectivity index (χ3v) is 9.40. The summed E-state index contributed by atoms with van der Waals surface area (Å²) in [6.45, 7) is 1.11. The molecule has 2 aliphatic rings. The Labute approximate surface area is 245 Å². The van der Waals surface area contributed by atoms with Gasteiger partial charge in [0.25, 0.3) is 5.56 Å². The molecule has 0 amide bonds. The number of H-pyrrole nitrogens is 2. The van der Waals surface area contributed by atoms with Gasteiger partial charge in [0.15, 0.2) is 0 Å². The fourth-order valence-corrected chi connectivity index (χ4v) is 6.79. The first-order valence-corrected chi connectivity index (χ1v) is 15.3. The maximum Gasteiger partial charge on any atom is 0.459 e. The normalized spacial score (nSPS) is 22.7. The van der Waals surface area contributed by atoms with Crippen molar-refractivity contribution in [3.05, 3.63) is 99.5 Å². The van der Waals surface area contributed by atoms with Crippen molar-refractivity contribution in [1.29, 1.82) is 0 Å². The van der Waals surface area contributed by atoms with E-state index in [2.05, 4.69) is 15.1 Å². The number of benzene rings is 2. The van der Waals surface area contributed by atoms with E-state index < -0.39 is 54.9 Å². The lowest BCUT2D eigenvalue weighted by Crippen LogP contribution is -2.37. The molecular weight excluding hydrogens is 579 g/mol. The molecule has 1 aliphatic heterocycles. The number of nitrogens with zero attached hydrogens (tertiary/aromatic N) is 1. The highest BCUT2D eigenvalue weighted by molar-refractivity contribution is 7.52. The molecule has 14 heteroatoms. The van der Waals surface area contributed by atoms with Gasteiger partial charge in [-0.1, -0.05) is 30.3 Å². The summed E-state index contributed by atoms with van der Waals surface area (Å²) in [6, 6.07) is 16.1. The zero-order valence-electron chi connectivity index (χ0n) is 23.2. The topological polar surface area (TPSA) is 174 Å². The van der Waals surface area contributed by atoms with Crippen LogP contribution in [0.15, 0.2) is 82.6 Å². The Morgan fingerprint density at radius 2 is 1.98 bits per heavy atom. The van der Waals surface area contributed by atoms with Crippen LogP contribution in [0.1, 0.15) is 31.6 Å². The monoisotopic (exact) mass is 610 g/mol. The Morgan fingerprint density at radius 1 is 1.19 bits per heavy atom. The molecule has 0 bridgehead atoms. The fourth-order valence-electron chi connectivity index (χ4n) is 5.30.